The van der Waals surface area contributed by atoms with Crippen molar-refractivity contribution in [2.75, 3.05) is 20.8 Å². The molecule has 0 amide bonds. The fourth-order valence-electron chi connectivity index (χ4n) is 1.30. The molecule has 0 saturated carbocycles. The van der Waals surface area contributed by atoms with E-state index in [9.17, 15) is 4.79 Å². The first-order chi connectivity index (χ1) is 7.71. The molecule has 0 radical (unpaired) electrons. The smallest absolute Gasteiger partial charge is 0.177 e. The van der Waals surface area contributed by atoms with Gasteiger partial charge in [-0.15, -0.1) is 0 Å². The van der Waals surface area contributed by atoms with Gasteiger partial charge in [-0.1, -0.05) is 6.07 Å². The van der Waals surface area contributed by atoms with Gasteiger partial charge in [0.1, 0.15) is 0 Å². The van der Waals surface area contributed by atoms with Crippen LogP contribution < -0.4 is 9.47 Å². The number of methoxy groups -OCH3 is 2. The highest BCUT2D eigenvalue weighted by Gasteiger charge is 2.12. The van der Waals surface area contributed by atoms with Crippen LogP contribution >= 0.6 is 0 Å². The van der Waals surface area contributed by atoms with Gasteiger partial charge < -0.3 is 14.2 Å². The van der Waals surface area contributed by atoms with Crippen molar-refractivity contribution in [2.24, 2.45) is 0 Å². The molecule has 1 rings (SSSR count). The van der Waals surface area contributed by atoms with Gasteiger partial charge in [0.2, 0.25) is 0 Å². The Labute approximate surface area is 95.1 Å². The second-order valence-corrected chi connectivity index (χ2v) is 3.40. The van der Waals surface area contributed by atoms with Gasteiger partial charge in [-0.25, -0.2) is 0 Å². The molecule has 0 fully saturated rings. The Kier molecular flexibility index (Phi) is 4.79. The van der Waals surface area contributed by atoms with Crippen molar-refractivity contribution in [3.63, 3.8) is 0 Å². The summed E-state index contributed by atoms with van der Waals surface area (Å²) in [4.78, 5) is 10.7. The van der Waals surface area contributed by atoms with Gasteiger partial charge in [0.25, 0.3) is 0 Å². The zero-order valence-electron chi connectivity index (χ0n) is 9.73. The van der Waals surface area contributed by atoms with E-state index in [-0.39, 0.29) is 6.61 Å². The number of benzene rings is 1. The molecule has 0 aliphatic rings. The standard InChI is InChI=1S/C12H16O4/c1-9-4-5-11(12(6-9)15-3)16-10(7-13)8-14-2/h4-7,10H,8H2,1-3H3. The van der Waals surface area contributed by atoms with E-state index in [0.717, 1.165) is 5.56 Å². The first-order valence-corrected chi connectivity index (χ1v) is 4.96. The second kappa shape index (κ2) is 6.12. The Morgan fingerprint density at radius 3 is 2.62 bits per heavy atom. The van der Waals surface area contributed by atoms with Crippen molar-refractivity contribution < 1.29 is 19.0 Å². The SMILES string of the molecule is COCC(C=O)Oc1ccc(C)cc1OC. The van der Waals surface area contributed by atoms with Gasteiger partial charge >= 0.3 is 0 Å². The quantitative estimate of drug-likeness (QED) is 0.688. The molecule has 88 valence electrons. The number of aryl methyl sites for hydroxylation is 1. The summed E-state index contributed by atoms with van der Waals surface area (Å²) in [6.45, 7) is 2.18. The average Bonchev–Trinajstić information content (AvgIpc) is 2.30. The summed E-state index contributed by atoms with van der Waals surface area (Å²) in [5, 5.41) is 0. The third-order valence-electron chi connectivity index (χ3n) is 2.08. The summed E-state index contributed by atoms with van der Waals surface area (Å²) in [7, 11) is 3.08. The number of hydrogen-bond acceptors (Lipinski definition) is 4. The third-order valence-corrected chi connectivity index (χ3v) is 2.08. The summed E-state index contributed by atoms with van der Waals surface area (Å²) in [6.07, 6.45) is 0.101. The molecule has 0 aliphatic heterocycles. The molecule has 0 heterocycles. The molecule has 1 atom stereocenters. The van der Waals surface area contributed by atoms with Crippen LogP contribution in [0.1, 0.15) is 5.56 Å². The van der Waals surface area contributed by atoms with E-state index in [1.165, 1.54) is 7.11 Å². The first-order valence-electron chi connectivity index (χ1n) is 4.96. The summed E-state index contributed by atoms with van der Waals surface area (Å²) in [6, 6.07) is 5.52. The maximum atomic E-state index is 10.7. The van der Waals surface area contributed by atoms with E-state index in [1.54, 1.807) is 13.2 Å². The molecular weight excluding hydrogens is 208 g/mol. The summed E-state index contributed by atoms with van der Waals surface area (Å²) in [5.74, 6) is 1.16. The molecule has 1 unspecified atom stereocenters. The van der Waals surface area contributed by atoms with Crippen LogP contribution in [0.5, 0.6) is 11.5 Å². The summed E-state index contributed by atoms with van der Waals surface area (Å²) >= 11 is 0. The monoisotopic (exact) mass is 224 g/mol. The largest absolute Gasteiger partial charge is 0.493 e. The zero-order valence-corrected chi connectivity index (χ0v) is 9.73. The minimum Gasteiger partial charge on any atom is -0.493 e. The van der Waals surface area contributed by atoms with Crippen LogP contribution in [0.25, 0.3) is 0 Å². The van der Waals surface area contributed by atoms with Crippen LogP contribution in [0.2, 0.25) is 0 Å². The minimum atomic E-state index is -0.610. The average molecular weight is 224 g/mol. The van der Waals surface area contributed by atoms with Crippen molar-refractivity contribution in [3.05, 3.63) is 23.8 Å². The van der Waals surface area contributed by atoms with Gasteiger partial charge in [0, 0.05) is 7.11 Å². The Bertz CT molecular complexity index is 349. The van der Waals surface area contributed by atoms with Crippen LogP contribution in [-0.2, 0) is 9.53 Å². The molecule has 0 aromatic heterocycles. The van der Waals surface area contributed by atoms with E-state index >= 15 is 0 Å². The number of ether oxygens (including phenoxy) is 3. The van der Waals surface area contributed by atoms with E-state index in [0.29, 0.717) is 17.8 Å². The second-order valence-electron chi connectivity index (χ2n) is 3.40. The van der Waals surface area contributed by atoms with Crippen molar-refractivity contribution in [2.45, 2.75) is 13.0 Å². The number of aldehydes is 1. The Hall–Kier alpha value is -1.55. The molecule has 1 aromatic carbocycles. The van der Waals surface area contributed by atoms with Gasteiger partial charge in [0.15, 0.2) is 23.9 Å². The van der Waals surface area contributed by atoms with Crippen molar-refractivity contribution in [3.8, 4) is 11.5 Å². The lowest BCUT2D eigenvalue weighted by Crippen LogP contribution is -2.24. The summed E-state index contributed by atoms with van der Waals surface area (Å²) < 4.78 is 15.5. The van der Waals surface area contributed by atoms with Gasteiger partial charge in [-0.2, -0.15) is 0 Å². The third kappa shape index (κ3) is 3.24. The van der Waals surface area contributed by atoms with Crippen molar-refractivity contribution in [1.29, 1.82) is 0 Å². The van der Waals surface area contributed by atoms with Crippen LogP contribution in [0, 0.1) is 6.92 Å². The minimum absolute atomic E-state index is 0.223. The molecule has 0 bridgehead atoms. The van der Waals surface area contributed by atoms with Crippen LogP contribution in [0.3, 0.4) is 0 Å². The normalized spacial score (nSPS) is 11.9. The highest BCUT2D eigenvalue weighted by molar-refractivity contribution is 5.57. The highest BCUT2D eigenvalue weighted by Crippen LogP contribution is 2.28. The topological polar surface area (TPSA) is 44.8 Å². The highest BCUT2D eigenvalue weighted by atomic mass is 16.5. The van der Waals surface area contributed by atoms with Crippen molar-refractivity contribution >= 4 is 6.29 Å². The van der Waals surface area contributed by atoms with Crippen LogP contribution in [0.4, 0.5) is 0 Å². The lowest BCUT2D eigenvalue weighted by molar-refractivity contribution is -0.115. The fraction of sp³-hybridized carbons (Fsp3) is 0.417. The van der Waals surface area contributed by atoms with Crippen LogP contribution in [0.15, 0.2) is 18.2 Å². The number of rotatable bonds is 6. The molecule has 16 heavy (non-hydrogen) atoms. The molecule has 0 N–H and O–H groups in total. The van der Waals surface area contributed by atoms with Gasteiger partial charge in [-0.05, 0) is 24.6 Å². The van der Waals surface area contributed by atoms with E-state index < -0.39 is 6.10 Å². The fourth-order valence-corrected chi connectivity index (χ4v) is 1.30. The van der Waals surface area contributed by atoms with Crippen molar-refractivity contribution in [1.82, 2.24) is 0 Å². The number of carbonyl (C=O) groups excluding carboxylic acids is 1. The zero-order chi connectivity index (χ0) is 12.0. The molecule has 1 aromatic rings. The lowest BCUT2D eigenvalue weighted by atomic mass is 10.2. The maximum Gasteiger partial charge on any atom is 0.177 e. The molecule has 0 saturated heterocycles. The number of hydrogen-bond donors (Lipinski definition) is 0. The Balaban J connectivity index is 2.82. The Morgan fingerprint density at radius 1 is 1.31 bits per heavy atom. The molecule has 0 spiro atoms. The molecule has 0 aliphatic carbocycles. The molecule has 4 heteroatoms. The predicted octanol–water partition coefficient (Wildman–Crippen LogP) is 1.60. The van der Waals surface area contributed by atoms with Crippen LogP contribution in [-0.4, -0.2) is 33.2 Å². The van der Waals surface area contributed by atoms with Gasteiger partial charge in [0.05, 0.1) is 13.7 Å². The first kappa shape index (κ1) is 12.5. The Morgan fingerprint density at radius 2 is 2.06 bits per heavy atom. The van der Waals surface area contributed by atoms with E-state index in [2.05, 4.69) is 0 Å². The lowest BCUT2D eigenvalue weighted by Gasteiger charge is -2.15. The van der Waals surface area contributed by atoms with E-state index in [4.69, 9.17) is 14.2 Å². The predicted molar refractivity (Wildman–Crippen MR) is 60.1 cm³/mol. The van der Waals surface area contributed by atoms with Gasteiger partial charge in [-0.3, -0.25) is 4.79 Å². The van der Waals surface area contributed by atoms with E-state index in [1.807, 2.05) is 19.1 Å². The molecule has 4 nitrogen and oxygen atoms in total. The number of carbonyl (C=O) groups is 1. The molecular formula is C12H16O4. The maximum absolute atomic E-state index is 10.7. The summed E-state index contributed by atoms with van der Waals surface area (Å²) in [5.41, 5.74) is 1.07.